The van der Waals surface area contributed by atoms with E-state index in [0.717, 1.165) is 97.3 Å². The SMILES string of the molecule is C.C.C.C.C.C.C=CC(=O)OC/C=C/c1ccccc1.C=CC(=O)OC1c2ccccc2C=Cc2ccccc21.C=CC(=O)OCCOc1ccc(/C=C/c2ccc(OCCOC(=O)C=C)cc2)cc1.C=CC(=O)OCCOc1ccccc1/C=C/c1ccccc1.C=CC(=O)Oc1ccc(/C=C/c2ccccc2)cc1. The van der Waals surface area contributed by atoms with Crippen LogP contribution in [-0.2, 0) is 52.5 Å². The van der Waals surface area contributed by atoms with Gasteiger partial charge in [-0.2, -0.15) is 0 Å². The minimum Gasteiger partial charge on any atom is -0.490 e. The van der Waals surface area contributed by atoms with Crippen LogP contribution in [0.2, 0.25) is 0 Å². The Balaban J connectivity index is 0.00000137. The van der Waals surface area contributed by atoms with Gasteiger partial charge in [0.1, 0.15) is 69.2 Å². The Labute approximate surface area is 658 Å². The minimum absolute atomic E-state index is 0. The van der Waals surface area contributed by atoms with Gasteiger partial charge in [0.25, 0.3) is 0 Å². The van der Waals surface area contributed by atoms with Gasteiger partial charge in [-0.05, 0) is 93.0 Å². The van der Waals surface area contributed by atoms with E-state index in [4.69, 9.17) is 42.6 Å². The summed E-state index contributed by atoms with van der Waals surface area (Å²) in [5.74, 6) is 0.0216. The fraction of sp³-hybridized carbons (Fsp3) is 0.146. The smallest absolute Gasteiger partial charge is 0.335 e. The molecule has 9 aromatic carbocycles. The van der Waals surface area contributed by atoms with Crippen molar-refractivity contribution in [1.82, 2.24) is 0 Å². The molecule has 0 saturated heterocycles. The van der Waals surface area contributed by atoms with Crippen molar-refractivity contribution < 1.29 is 71.4 Å². The average Bonchev–Trinajstić information content (AvgIpc) is 1.69. The Morgan fingerprint density at radius 1 is 0.288 bits per heavy atom. The number of para-hydroxylation sites is 1. The second-order valence-corrected chi connectivity index (χ2v) is 21.6. The zero-order valence-electron chi connectivity index (χ0n) is 58.1. The quantitative estimate of drug-likeness (QED) is 0.0108. The van der Waals surface area contributed by atoms with E-state index in [1.807, 2.05) is 267 Å². The first kappa shape index (κ1) is 97.3. The fourth-order valence-electron chi connectivity index (χ4n) is 9.06. The summed E-state index contributed by atoms with van der Waals surface area (Å²) < 4.78 is 46.6. The van der Waals surface area contributed by atoms with Crippen LogP contribution in [0.25, 0.3) is 54.7 Å². The van der Waals surface area contributed by atoms with Crippen molar-refractivity contribution >= 4 is 90.5 Å². The molecule has 0 N–H and O–H groups in total. The normalized spacial score (nSPS) is 10.2. The molecule has 15 nitrogen and oxygen atoms in total. The van der Waals surface area contributed by atoms with Crippen LogP contribution in [0.3, 0.4) is 0 Å². The number of carbonyl (C=O) groups excluding carboxylic acids is 6. The van der Waals surface area contributed by atoms with Gasteiger partial charge in [-0.1, -0.05) is 333 Å². The number of esters is 6. The lowest BCUT2D eigenvalue weighted by molar-refractivity contribution is -0.142. The Morgan fingerprint density at radius 2 is 0.604 bits per heavy atom. The zero-order valence-corrected chi connectivity index (χ0v) is 58.1. The number of carbonyl (C=O) groups is 6. The number of benzene rings is 9. The highest BCUT2D eigenvalue weighted by atomic mass is 16.6. The van der Waals surface area contributed by atoms with E-state index in [9.17, 15) is 28.8 Å². The Hall–Kier alpha value is -13.7. The maximum atomic E-state index is 11.7. The van der Waals surface area contributed by atoms with Gasteiger partial charge in [0.2, 0.25) is 0 Å². The maximum Gasteiger partial charge on any atom is 0.335 e. The van der Waals surface area contributed by atoms with Crippen LogP contribution in [0.4, 0.5) is 0 Å². The molecule has 0 amide bonds. The van der Waals surface area contributed by atoms with Crippen molar-refractivity contribution in [3.63, 3.8) is 0 Å². The molecule has 0 heterocycles. The Kier molecular flexibility index (Phi) is 50.5. The lowest BCUT2D eigenvalue weighted by Crippen LogP contribution is -2.12. The van der Waals surface area contributed by atoms with E-state index in [0.29, 0.717) is 23.9 Å². The van der Waals surface area contributed by atoms with Crippen LogP contribution in [0, 0.1) is 0 Å². The topological polar surface area (TPSA) is 185 Å². The average molecular weight is 1500 g/mol. The number of ether oxygens (including phenoxy) is 9. The van der Waals surface area contributed by atoms with Gasteiger partial charge < -0.3 is 42.6 Å². The molecule has 0 aliphatic heterocycles. The summed E-state index contributed by atoms with van der Waals surface area (Å²) in [5, 5.41) is 0. The third-order valence-corrected chi connectivity index (χ3v) is 14.2. The molecule has 0 bridgehead atoms. The molecular formula is C96H106O15. The fourth-order valence-corrected chi connectivity index (χ4v) is 9.06. The molecule has 1 aliphatic carbocycles. The summed E-state index contributed by atoms with van der Waals surface area (Å²) in [6.07, 6.45) is 26.3. The number of hydrogen-bond donors (Lipinski definition) is 0. The van der Waals surface area contributed by atoms with Crippen LogP contribution < -0.4 is 18.9 Å². The molecule has 1 aliphatic rings. The van der Waals surface area contributed by atoms with Crippen LogP contribution >= 0.6 is 0 Å². The summed E-state index contributed by atoms with van der Waals surface area (Å²) >= 11 is 0. The highest BCUT2D eigenvalue weighted by Crippen LogP contribution is 2.35. The van der Waals surface area contributed by atoms with Crippen LogP contribution in [0.15, 0.2) is 319 Å². The molecule has 10 rings (SSSR count). The first-order valence-electron chi connectivity index (χ1n) is 33.1. The second kappa shape index (κ2) is 57.6. The monoisotopic (exact) mass is 1500 g/mol. The first-order valence-corrected chi connectivity index (χ1v) is 33.1. The Morgan fingerprint density at radius 3 is 1.00 bits per heavy atom. The van der Waals surface area contributed by atoms with Crippen molar-refractivity contribution in [2.45, 2.75) is 50.7 Å². The molecule has 0 unspecified atom stereocenters. The minimum atomic E-state index is -0.465. The molecule has 0 atom stereocenters. The molecule has 580 valence electrons. The molecule has 0 aromatic heterocycles. The lowest BCUT2D eigenvalue weighted by Gasteiger charge is -2.20. The summed E-state index contributed by atoms with van der Waals surface area (Å²) in [5.41, 5.74) is 11.5. The summed E-state index contributed by atoms with van der Waals surface area (Å²) in [6.45, 7) is 21.8. The molecular weight excluding hydrogens is 1390 g/mol. The largest absolute Gasteiger partial charge is 0.490 e. The predicted octanol–water partition coefficient (Wildman–Crippen LogP) is 22.2. The number of rotatable bonds is 29. The van der Waals surface area contributed by atoms with E-state index in [2.05, 4.69) is 51.6 Å². The molecule has 111 heavy (non-hydrogen) atoms. The maximum absolute atomic E-state index is 11.7. The van der Waals surface area contributed by atoms with E-state index >= 15 is 0 Å². The molecule has 15 heteroatoms. The van der Waals surface area contributed by atoms with Crippen molar-refractivity contribution in [3.05, 3.63) is 380 Å². The lowest BCUT2D eigenvalue weighted by atomic mass is 9.96. The van der Waals surface area contributed by atoms with E-state index in [1.54, 1.807) is 18.2 Å². The molecule has 0 radical (unpaired) electrons. The zero-order chi connectivity index (χ0) is 74.9. The van der Waals surface area contributed by atoms with Crippen LogP contribution in [0.5, 0.6) is 23.0 Å². The molecule has 0 fully saturated rings. The van der Waals surface area contributed by atoms with Crippen molar-refractivity contribution in [2.24, 2.45) is 0 Å². The van der Waals surface area contributed by atoms with Crippen molar-refractivity contribution in [1.29, 1.82) is 0 Å². The van der Waals surface area contributed by atoms with Crippen LogP contribution in [0.1, 0.15) is 112 Å². The standard InChI is InChI=1S/C24H24O6.C19H18O3.C18H14O2.C17H14O2.C12H12O2.6CH4/c1-3-23(25)29-17-15-27-21-11-7-19(8-12-21)5-6-20-9-13-22(14-10-20)28-16-18-30-24(26)4-2;1-2-19(20)22-15-14-21-18-11-7-6-10-17(18)13-12-16-8-4-3-5-9-16;1-2-17(19)20-18-15-9-5-3-7-13(15)11-12-14-8-4-6-10-16(14)18;1-2-17(18)19-16-12-10-15(11-13-16)9-8-14-6-4-3-5-7-14;1-2-12(13)14-10-6-9-11-7-4-3-5-8-11;;;;;;/h3-14H,1-2,15-18H2;2-13H,1,14-15H2;2-12,18H,1H2;2-13H,1H2;2-9H,1,10H2;6*1H4/b6-5+;13-12+;;9-8+;9-6+;;;;;;. The molecule has 0 saturated carbocycles. The number of hydrogen-bond acceptors (Lipinski definition) is 15. The van der Waals surface area contributed by atoms with Crippen LogP contribution in [-0.4, -0.2) is 82.1 Å². The summed E-state index contributed by atoms with van der Waals surface area (Å²) in [6, 6.07) is 76.0. The third-order valence-electron chi connectivity index (χ3n) is 14.2. The Bertz CT molecular complexity index is 4290. The number of fused-ring (bicyclic) bond motifs is 2. The predicted molar refractivity (Wildman–Crippen MR) is 458 cm³/mol. The summed E-state index contributed by atoms with van der Waals surface area (Å²) in [4.78, 5) is 66.1. The molecule has 9 aromatic rings. The third kappa shape index (κ3) is 38.4. The second-order valence-electron chi connectivity index (χ2n) is 21.6. The van der Waals surface area contributed by atoms with Crippen molar-refractivity contribution in [3.8, 4) is 23.0 Å². The van der Waals surface area contributed by atoms with Crippen molar-refractivity contribution in [2.75, 3.05) is 46.2 Å². The van der Waals surface area contributed by atoms with Gasteiger partial charge in [-0.15, -0.1) is 0 Å². The first-order chi connectivity index (χ1) is 51.3. The van der Waals surface area contributed by atoms with Gasteiger partial charge in [-0.3, -0.25) is 0 Å². The summed E-state index contributed by atoms with van der Waals surface area (Å²) in [7, 11) is 0. The molecule has 0 spiro atoms. The van der Waals surface area contributed by atoms with Gasteiger partial charge in [-0.25, -0.2) is 28.8 Å². The van der Waals surface area contributed by atoms with E-state index < -0.39 is 41.9 Å². The van der Waals surface area contributed by atoms with Gasteiger partial charge in [0.05, 0.1) is 0 Å². The van der Waals surface area contributed by atoms with E-state index in [-0.39, 0.29) is 84.2 Å². The van der Waals surface area contributed by atoms with E-state index in [1.165, 1.54) is 6.08 Å². The van der Waals surface area contributed by atoms with Gasteiger partial charge >= 0.3 is 35.8 Å². The highest BCUT2D eigenvalue weighted by Gasteiger charge is 2.24. The van der Waals surface area contributed by atoms with Gasteiger partial charge in [0.15, 0.2) is 6.10 Å². The van der Waals surface area contributed by atoms with Gasteiger partial charge in [0, 0.05) is 53.1 Å². The highest BCUT2D eigenvalue weighted by molar-refractivity contribution is 5.85.